The Kier molecular flexibility index (Phi) is 6.65. The molecular formula is C16H22ClN5OS. The number of aryl methyl sites for hydroxylation is 1. The smallest absolute Gasteiger partial charge is 0.224 e. The Morgan fingerprint density at radius 1 is 1.38 bits per heavy atom. The van der Waals surface area contributed by atoms with Gasteiger partial charge in [-0.25, -0.2) is 0 Å². The van der Waals surface area contributed by atoms with E-state index in [9.17, 15) is 4.79 Å². The summed E-state index contributed by atoms with van der Waals surface area (Å²) in [6, 6.07) is 7.93. The van der Waals surface area contributed by atoms with E-state index in [1.807, 2.05) is 35.9 Å². The number of amides is 1. The zero-order valence-corrected chi connectivity index (χ0v) is 15.1. The summed E-state index contributed by atoms with van der Waals surface area (Å²) < 4.78 is 1.87. The molecule has 2 aromatic rings. The van der Waals surface area contributed by atoms with Crippen molar-refractivity contribution < 1.29 is 4.79 Å². The average Bonchev–Trinajstić information content (AvgIpc) is 3.11. The number of aromatic nitrogens is 3. The predicted octanol–water partition coefficient (Wildman–Crippen LogP) is 2.84. The van der Waals surface area contributed by atoms with Crippen LogP contribution in [0.15, 0.2) is 40.6 Å². The molecule has 130 valence electrons. The number of hydrogen-bond acceptors (Lipinski definition) is 5. The summed E-state index contributed by atoms with van der Waals surface area (Å²) in [7, 11) is 1.91. The highest BCUT2D eigenvalue weighted by Crippen LogP contribution is 2.28. The van der Waals surface area contributed by atoms with Gasteiger partial charge in [-0.15, -0.1) is 22.6 Å². The first-order chi connectivity index (χ1) is 11.1. The van der Waals surface area contributed by atoms with Crippen molar-refractivity contribution in [2.45, 2.75) is 41.8 Å². The van der Waals surface area contributed by atoms with E-state index in [1.54, 1.807) is 6.33 Å². The molecule has 1 aliphatic rings. The molecule has 1 saturated carbocycles. The third-order valence-electron chi connectivity index (χ3n) is 4.18. The number of hydrogen-bond donors (Lipinski definition) is 2. The van der Waals surface area contributed by atoms with E-state index in [0.29, 0.717) is 12.3 Å². The van der Waals surface area contributed by atoms with Crippen LogP contribution in [-0.2, 0) is 11.8 Å². The van der Waals surface area contributed by atoms with Crippen molar-refractivity contribution in [2.75, 3.05) is 5.32 Å². The first kappa shape index (κ1) is 18.8. The highest BCUT2D eigenvalue weighted by molar-refractivity contribution is 7.99. The van der Waals surface area contributed by atoms with Gasteiger partial charge in [0.25, 0.3) is 0 Å². The first-order valence-electron chi connectivity index (χ1n) is 7.79. The van der Waals surface area contributed by atoms with Crippen molar-refractivity contribution in [3.8, 4) is 0 Å². The third-order valence-corrected chi connectivity index (χ3v) is 5.24. The van der Waals surface area contributed by atoms with E-state index in [2.05, 4.69) is 15.5 Å². The lowest BCUT2D eigenvalue weighted by molar-refractivity contribution is -0.117. The summed E-state index contributed by atoms with van der Waals surface area (Å²) in [5.74, 6) is 0.363. The fourth-order valence-electron chi connectivity index (χ4n) is 2.85. The van der Waals surface area contributed by atoms with Gasteiger partial charge in [-0.2, -0.15) is 0 Å². The van der Waals surface area contributed by atoms with Crippen LogP contribution in [0.5, 0.6) is 0 Å². The summed E-state index contributed by atoms with van der Waals surface area (Å²) in [6.45, 7) is 0. The molecule has 1 aromatic carbocycles. The van der Waals surface area contributed by atoms with Crippen LogP contribution in [0.25, 0.3) is 0 Å². The molecule has 8 heteroatoms. The quantitative estimate of drug-likeness (QED) is 0.848. The third kappa shape index (κ3) is 4.72. The van der Waals surface area contributed by atoms with E-state index in [4.69, 9.17) is 5.73 Å². The minimum Gasteiger partial charge on any atom is -0.327 e. The Bertz CT molecular complexity index is 675. The molecule has 24 heavy (non-hydrogen) atoms. The Morgan fingerprint density at radius 2 is 2.12 bits per heavy atom. The van der Waals surface area contributed by atoms with Crippen LogP contribution in [0.1, 0.15) is 25.7 Å². The second-order valence-electron chi connectivity index (χ2n) is 5.96. The van der Waals surface area contributed by atoms with E-state index < -0.39 is 0 Å². The molecule has 2 atom stereocenters. The number of nitrogens with two attached hydrogens (primary N) is 1. The maximum absolute atomic E-state index is 12.1. The van der Waals surface area contributed by atoms with Gasteiger partial charge in [-0.05, 0) is 54.8 Å². The van der Waals surface area contributed by atoms with Gasteiger partial charge in [-0.3, -0.25) is 4.79 Å². The molecule has 1 amide bonds. The van der Waals surface area contributed by atoms with E-state index >= 15 is 0 Å². The minimum atomic E-state index is 0. The predicted molar refractivity (Wildman–Crippen MR) is 97.4 cm³/mol. The van der Waals surface area contributed by atoms with E-state index in [-0.39, 0.29) is 24.4 Å². The molecule has 0 aliphatic heterocycles. The molecule has 1 aliphatic carbocycles. The monoisotopic (exact) mass is 367 g/mol. The number of nitrogens with one attached hydrogen (secondary N) is 1. The van der Waals surface area contributed by atoms with E-state index in [1.165, 1.54) is 11.8 Å². The van der Waals surface area contributed by atoms with Gasteiger partial charge in [0.15, 0.2) is 5.16 Å². The van der Waals surface area contributed by atoms with Gasteiger partial charge >= 0.3 is 0 Å². The Labute approximate surface area is 152 Å². The van der Waals surface area contributed by atoms with Crippen LogP contribution in [0.3, 0.4) is 0 Å². The largest absolute Gasteiger partial charge is 0.327 e. The molecule has 1 fully saturated rings. The molecule has 0 spiro atoms. The van der Waals surface area contributed by atoms with Crippen LogP contribution in [0.4, 0.5) is 5.69 Å². The number of anilines is 1. The number of benzene rings is 1. The maximum Gasteiger partial charge on any atom is 0.224 e. The lowest BCUT2D eigenvalue weighted by Gasteiger charge is -2.14. The highest BCUT2D eigenvalue weighted by Gasteiger charge is 2.25. The zero-order chi connectivity index (χ0) is 16.2. The fourth-order valence-corrected chi connectivity index (χ4v) is 3.61. The maximum atomic E-state index is 12.1. The molecule has 0 unspecified atom stereocenters. The summed E-state index contributed by atoms with van der Waals surface area (Å²) in [5.41, 5.74) is 6.83. The van der Waals surface area contributed by atoms with Crippen molar-refractivity contribution in [3.63, 3.8) is 0 Å². The molecule has 0 saturated heterocycles. The van der Waals surface area contributed by atoms with Crippen LogP contribution in [0.2, 0.25) is 0 Å². The summed E-state index contributed by atoms with van der Waals surface area (Å²) >= 11 is 1.54. The SMILES string of the molecule is Cl.Cn1cnnc1Sc1ccc(NC(=O)C[C@@H]2CCC[C@H]2N)cc1. The fraction of sp³-hybridized carbons (Fsp3) is 0.438. The van der Waals surface area contributed by atoms with Crippen molar-refractivity contribution in [1.29, 1.82) is 0 Å². The number of halogens is 1. The molecular weight excluding hydrogens is 346 g/mol. The van der Waals surface area contributed by atoms with Gasteiger partial charge in [0.2, 0.25) is 5.91 Å². The van der Waals surface area contributed by atoms with Gasteiger partial charge in [0.1, 0.15) is 6.33 Å². The summed E-state index contributed by atoms with van der Waals surface area (Å²) in [6.07, 6.45) is 5.40. The van der Waals surface area contributed by atoms with Crippen molar-refractivity contribution in [2.24, 2.45) is 18.7 Å². The topological polar surface area (TPSA) is 85.8 Å². The number of rotatable bonds is 5. The van der Waals surface area contributed by atoms with Crippen molar-refractivity contribution in [1.82, 2.24) is 14.8 Å². The number of nitrogens with zero attached hydrogens (tertiary/aromatic N) is 3. The standard InChI is InChI=1S/C16H21N5OS.ClH/c1-21-10-18-20-16(21)23-13-7-5-12(6-8-13)19-15(22)9-11-3-2-4-14(11)17;/h5-8,10-11,14H,2-4,9,17H2,1H3,(H,19,22);1H/t11-,14+;/m0./s1. The highest BCUT2D eigenvalue weighted by atomic mass is 35.5. The van der Waals surface area contributed by atoms with Crippen LogP contribution in [-0.4, -0.2) is 26.7 Å². The van der Waals surface area contributed by atoms with E-state index in [0.717, 1.165) is 35.0 Å². The second-order valence-corrected chi connectivity index (χ2v) is 7.00. The average molecular weight is 368 g/mol. The lowest BCUT2D eigenvalue weighted by Crippen LogP contribution is -2.28. The van der Waals surface area contributed by atoms with Crippen LogP contribution >= 0.6 is 24.2 Å². The van der Waals surface area contributed by atoms with Crippen LogP contribution in [0, 0.1) is 5.92 Å². The first-order valence-corrected chi connectivity index (χ1v) is 8.61. The number of carbonyl (C=O) groups is 1. The van der Waals surface area contributed by atoms with Crippen molar-refractivity contribution in [3.05, 3.63) is 30.6 Å². The molecule has 3 rings (SSSR count). The number of carbonyl (C=O) groups excluding carboxylic acids is 1. The molecule has 0 bridgehead atoms. The van der Waals surface area contributed by atoms with Gasteiger partial charge in [0, 0.05) is 30.1 Å². The minimum absolute atomic E-state index is 0. The lowest BCUT2D eigenvalue weighted by atomic mass is 10.00. The molecule has 1 aromatic heterocycles. The van der Waals surface area contributed by atoms with Crippen LogP contribution < -0.4 is 11.1 Å². The Hall–Kier alpha value is -1.57. The second kappa shape index (κ2) is 8.50. The summed E-state index contributed by atoms with van der Waals surface area (Å²) in [4.78, 5) is 13.2. The molecule has 6 nitrogen and oxygen atoms in total. The molecule has 0 radical (unpaired) electrons. The Balaban J connectivity index is 0.00000208. The molecule has 1 heterocycles. The van der Waals surface area contributed by atoms with Gasteiger partial charge in [-0.1, -0.05) is 6.42 Å². The van der Waals surface area contributed by atoms with Gasteiger partial charge in [0.05, 0.1) is 0 Å². The normalized spacial score (nSPS) is 19.8. The Morgan fingerprint density at radius 3 is 2.71 bits per heavy atom. The van der Waals surface area contributed by atoms with Crippen molar-refractivity contribution >= 4 is 35.8 Å². The summed E-state index contributed by atoms with van der Waals surface area (Å²) in [5, 5.41) is 11.7. The molecule has 3 N–H and O–H groups in total. The van der Waals surface area contributed by atoms with Gasteiger partial charge < -0.3 is 15.6 Å². The zero-order valence-electron chi connectivity index (χ0n) is 13.5.